The number of fused-ring (bicyclic) bond motifs is 2. The van der Waals surface area contributed by atoms with Crippen LogP contribution in [0.2, 0.25) is 0 Å². The van der Waals surface area contributed by atoms with Gasteiger partial charge in [0, 0.05) is 23.5 Å². The third-order valence-electron chi connectivity index (χ3n) is 5.62. The second-order valence-corrected chi connectivity index (χ2v) is 7.33. The Bertz CT molecular complexity index is 901. The number of aryl methyl sites for hydroxylation is 1. The molecule has 2 aliphatic rings. The summed E-state index contributed by atoms with van der Waals surface area (Å²) in [5.41, 5.74) is 5.79. The number of carboxylic acid groups (broad SMARTS) is 1. The number of aromatic nitrogens is 1. The molecule has 0 radical (unpaired) electrons. The van der Waals surface area contributed by atoms with Crippen LogP contribution in [0.3, 0.4) is 0 Å². The second kappa shape index (κ2) is 6.66. The molecule has 2 fully saturated rings. The van der Waals surface area contributed by atoms with Crippen LogP contribution in [0.5, 0.6) is 0 Å². The van der Waals surface area contributed by atoms with Crippen molar-refractivity contribution in [2.75, 3.05) is 5.43 Å². The number of anilines is 1. The summed E-state index contributed by atoms with van der Waals surface area (Å²) in [4.78, 5) is 19.1. The predicted molar refractivity (Wildman–Crippen MR) is 104 cm³/mol. The van der Waals surface area contributed by atoms with Crippen molar-refractivity contribution < 1.29 is 9.90 Å². The number of nitrogens with one attached hydrogen (secondary N) is 3. The number of rotatable bonds is 5. The van der Waals surface area contributed by atoms with Crippen LogP contribution in [0.1, 0.15) is 42.5 Å². The number of H-pyrrole nitrogens is 1. The minimum atomic E-state index is -0.798. The lowest BCUT2D eigenvalue weighted by atomic mass is 9.69. The van der Waals surface area contributed by atoms with Crippen molar-refractivity contribution in [3.8, 4) is 0 Å². The maximum Gasteiger partial charge on any atom is 0.326 e. The largest absolute Gasteiger partial charge is 0.480 e. The summed E-state index contributed by atoms with van der Waals surface area (Å²) < 4.78 is 0. The number of carbonyl (C=O) groups is 1. The summed E-state index contributed by atoms with van der Waals surface area (Å²) in [6.07, 6.45) is 6.76. The summed E-state index contributed by atoms with van der Waals surface area (Å²) in [5, 5.41) is 19.9. The van der Waals surface area contributed by atoms with Crippen molar-refractivity contribution in [2.24, 2.45) is 4.99 Å². The molecule has 2 atom stereocenters. The Morgan fingerprint density at radius 3 is 3.04 bits per heavy atom. The first kappa shape index (κ1) is 17.5. The number of amidine groups is 1. The molecule has 0 aliphatic carbocycles. The summed E-state index contributed by atoms with van der Waals surface area (Å²) >= 11 is 0. The molecule has 2 unspecified atom stereocenters. The van der Waals surface area contributed by atoms with Crippen LogP contribution in [-0.2, 0) is 4.79 Å². The highest BCUT2D eigenvalue weighted by Gasteiger charge is 2.59. The molecule has 140 valence electrons. The monoisotopic (exact) mass is 365 g/mol. The summed E-state index contributed by atoms with van der Waals surface area (Å²) in [7, 11) is 0. The Morgan fingerprint density at radius 2 is 2.33 bits per heavy atom. The van der Waals surface area contributed by atoms with E-state index in [0.29, 0.717) is 12.8 Å². The first-order chi connectivity index (χ1) is 13.0. The Kier molecular flexibility index (Phi) is 4.31. The van der Waals surface area contributed by atoms with Gasteiger partial charge in [-0.15, -0.1) is 0 Å². The van der Waals surface area contributed by atoms with Gasteiger partial charge in [-0.25, -0.2) is 10.0 Å². The number of hydrazine groups is 1. The van der Waals surface area contributed by atoms with Crippen LogP contribution in [0.25, 0.3) is 0 Å². The fourth-order valence-electron chi connectivity index (χ4n) is 4.11. The van der Waals surface area contributed by atoms with E-state index in [1.807, 2.05) is 48.5 Å². The van der Waals surface area contributed by atoms with E-state index < -0.39 is 11.5 Å². The van der Waals surface area contributed by atoms with Gasteiger partial charge in [-0.1, -0.05) is 6.07 Å². The molecule has 0 saturated carbocycles. The summed E-state index contributed by atoms with van der Waals surface area (Å²) in [6, 6.07) is 9.74. The van der Waals surface area contributed by atoms with Crippen LogP contribution in [0, 0.1) is 12.3 Å². The molecule has 2 aliphatic heterocycles. The van der Waals surface area contributed by atoms with Gasteiger partial charge in [-0.05, 0) is 62.4 Å². The minimum Gasteiger partial charge on any atom is -0.480 e. The number of nitrogens with zero attached hydrogens (tertiary/aromatic N) is 2. The molecule has 7 heteroatoms. The number of hydrogen-bond donors (Lipinski definition) is 4. The van der Waals surface area contributed by atoms with Gasteiger partial charge in [-0.3, -0.25) is 10.2 Å². The highest BCUT2D eigenvalue weighted by atomic mass is 16.4. The average Bonchev–Trinajstić information content (AvgIpc) is 3.19. The Morgan fingerprint density at radius 1 is 1.48 bits per heavy atom. The molecule has 27 heavy (non-hydrogen) atoms. The Balaban J connectivity index is 1.54. The van der Waals surface area contributed by atoms with Crippen molar-refractivity contribution in [1.29, 1.82) is 5.41 Å². The number of aliphatic imine (C=N–C) groups is 1. The lowest BCUT2D eigenvalue weighted by molar-refractivity contribution is -0.174. The predicted octanol–water partition coefficient (Wildman–Crippen LogP) is 3.18. The van der Waals surface area contributed by atoms with Gasteiger partial charge >= 0.3 is 5.97 Å². The van der Waals surface area contributed by atoms with E-state index in [0.717, 1.165) is 35.3 Å². The van der Waals surface area contributed by atoms with E-state index in [1.54, 1.807) is 6.21 Å². The van der Waals surface area contributed by atoms with Crippen LogP contribution in [0.15, 0.2) is 41.5 Å². The van der Waals surface area contributed by atoms with E-state index in [2.05, 4.69) is 15.4 Å². The number of hydrogen-bond acceptors (Lipinski definition) is 4. The zero-order valence-corrected chi connectivity index (χ0v) is 15.2. The number of aromatic amines is 1. The normalized spacial score (nSPS) is 24.6. The molecule has 2 saturated heterocycles. The molecule has 1 aromatic heterocycles. The van der Waals surface area contributed by atoms with Gasteiger partial charge in [0.25, 0.3) is 0 Å². The van der Waals surface area contributed by atoms with E-state index in [1.165, 1.54) is 0 Å². The number of aliphatic carboxylic acids is 1. The molecular weight excluding hydrogens is 342 g/mol. The van der Waals surface area contributed by atoms with Gasteiger partial charge in [0.05, 0.1) is 11.9 Å². The van der Waals surface area contributed by atoms with Crippen molar-refractivity contribution in [2.45, 2.75) is 44.2 Å². The zero-order valence-electron chi connectivity index (χ0n) is 15.2. The molecule has 1 aromatic carbocycles. The summed E-state index contributed by atoms with van der Waals surface area (Å²) in [6.45, 7) is 1.94. The molecule has 2 aromatic rings. The van der Waals surface area contributed by atoms with Crippen LogP contribution < -0.4 is 5.43 Å². The van der Waals surface area contributed by atoms with E-state index in [9.17, 15) is 9.90 Å². The zero-order chi connectivity index (χ0) is 19.0. The van der Waals surface area contributed by atoms with E-state index in [-0.39, 0.29) is 11.9 Å². The van der Waals surface area contributed by atoms with E-state index >= 15 is 0 Å². The van der Waals surface area contributed by atoms with Crippen LogP contribution >= 0.6 is 0 Å². The molecule has 0 spiro atoms. The topological polar surface area (TPSA) is 105 Å². The quantitative estimate of drug-likeness (QED) is 0.482. The van der Waals surface area contributed by atoms with Gasteiger partial charge in [0.15, 0.2) is 5.84 Å². The molecule has 4 rings (SSSR count). The van der Waals surface area contributed by atoms with Crippen LogP contribution in [-0.4, -0.2) is 44.7 Å². The van der Waals surface area contributed by atoms with Crippen molar-refractivity contribution in [3.63, 3.8) is 0 Å². The summed E-state index contributed by atoms with van der Waals surface area (Å²) in [5.74, 6) is -0.593. The standard InChI is InChI=1S/C20H23N5O2/c1-13-6-7-14(10-17(13)18(21)23-12-15-4-3-9-22-15)24-25-16-5-2-8-20(25,11-16)19(26)27/h3-4,6-7,9-10,12,16,21-22,24H,2,5,8,11H2,1H3,(H,26,27). The molecule has 2 bridgehead atoms. The SMILES string of the molecule is Cc1ccc(NN2C3CCCC2(C(=O)O)C3)cc1C(=N)N=Cc1ccc[nH]1. The second-order valence-electron chi connectivity index (χ2n) is 7.33. The fourth-order valence-corrected chi connectivity index (χ4v) is 4.11. The maximum absolute atomic E-state index is 11.8. The van der Waals surface area contributed by atoms with Gasteiger partial charge in [0.2, 0.25) is 0 Å². The lowest BCUT2D eigenvalue weighted by Crippen LogP contribution is -2.73. The van der Waals surface area contributed by atoms with Gasteiger partial charge < -0.3 is 15.5 Å². The number of piperidine rings is 1. The fraction of sp³-hybridized carbons (Fsp3) is 0.350. The minimum absolute atomic E-state index is 0.169. The van der Waals surface area contributed by atoms with Crippen molar-refractivity contribution >= 4 is 23.7 Å². The number of benzene rings is 1. The molecule has 7 nitrogen and oxygen atoms in total. The third-order valence-corrected chi connectivity index (χ3v) is 5.62. The smallest absolute Gasteiger partial charge is 0.326 e. The maximum atomic E-state index is 11.8. The van der Waals surface area contributed by atoms with E-state index in [4.69, 9.17) is 5.41 Å². The highest BCUT2D eigenvalue weighted by Crippen LogP contribution is 2.47. The van der Waals surface area contributed by atoms with Crippen molar-refractivity contribution in [1.82, 2.24) is 9.99 Å². The molecule has 3 heterocycles. The average molecular weight is 365 g/mol. The lowest BCUT2D eigenvalue weighted by Gasteiger charge is -2.59. The van der Waals surface area contributed by atoms with Gasteiger partial charge in [0.1, 0.15) is 5.54 Å². The molecular formula is C20H23N5O2. The first-order valence-corrected chi connectivity index (χ1v) is 9.16. The Labute approximate surface area is 157 Å². The van der Waals surface area contributed by atoms with Crippen LogP contribution in [0.4, 0.5) is 5.69 Å². The highest BCUT2D eigenvalue weighted by molar-refractivity contribution is 6.04. The van der Waals surface area contributed by atoms with Crippen molar-refractivity contribution in [3.05, 3.63) is 53.3 Å². The Hall–Kier alpha value is -2.93. The van der Waals surface area contributed by atoms with Gasteiger partial charge in [-0.2, -0.15) is 0 Å². The molecule has 4 N–H and O–H groups in total. The number of carboxylic acids is 1. The third kappa shape index (κ3) is 3.04. The molecule has 0 amide bonds. The first-order valence-electron chi connectivity index (χ1n) is 9.16.